The minimum absolute atomic E-state index is 0.224. The maximum atomic E-state index is 11.5. The molecule has 3 heterocycles. The molecule has 0 atom stereocenters. The predicted molar refractivity (Wildman–Crippen MR) is 115 cm³/mol. The van der Waals surface area contributed by atoms with Gasteiger partial charge in [-0.05, 0) is 24.3 Å². The summed E-state index contributed by atoms with van der Waals surface area (Å²) >= 11 is 7.54. The normalized spacial score (nSPS) is 15.2. The highest BCUT2D eigenvalue weighted by Crippen LogP contribution is 2.47. The van der Waals surface area contributed by atoms with E-state index in [0.29, 0.717) is 15.6 Å². The second-order valence-electron chi connectivity index (χ2n) is 6.79. The van der Waals surface area contributed by atoms with Gasteiger partial charge in [-0.2, -0.15) is 13.0 Å². The van der Waals surface area contributed by atoms with Crippen LogP contribution in [0.3, 0.4) is 0 Å². The number of carboxylic acid groups (broad SMARTS) is 1. The molecular formula is C19H17ClN3O5S2+. The van der Waals surface area contributed by atoms with Crippen molar-refractivity contribution < 1.29 is 27.4 Å². The molecule has 2 aromatic heterocycles. The van der Waals surface area contributed by atoms with E-state index < -0.39 is 22.0 Å². The predicted octanol–water partition coefficient (Wildman–Crippen LogP) is 2.96. The van der Waals surface area contributed by atoms with Crippen LogP contribution in [0.4, 0.5) is 5.69 Å². The number of aromatic nitrogens is 2. The molecule has 2 N–H and O–H groups in total. The van der Waals surface area contributed by atoms with Crippen molar-refractivity contribution in [3.8, 4) is 0 Å². The Morgan fingerprint density at radius 3 is 2.77 bits per heavy atom. The van der Waals surface area contributed by atoms with Crippen molar-refractivity contribution in [3.63, 3.8) is 0 Å². The Labute approximate surface area is 181 Å². The summed E-state index contributed by atoms with van der Waals surface area (Å²) in [4.78, 5) is 14.0. The number of rotatable bonds is 5. The quantitative estimate of drug-likeness (QED) is 0.440. The Morgan fingerprint density at radius 2 is 2.07 bits per heavy atom. The van der Waals surface area contributed by atoms with Gasteiger partial charge in [-0.3, -0.25) is 9.35 Å². The van der Waals surface area contributed by atoms with E-state index in [2.05, 4.69) is 0 Å². The maximum Gasteiger partial charge on any atom is 0.326 e. The number of thioether (sulfide) groups is 1. The molecule has 3 aromatic rings. The maximum absolute atomic E-state index is 11.5. The molecule has 30 heavy (non-hydrogen) atoms. The van der Waals surface area contributed by atoms with Crippen LogP contribution in [0.1, 0.15) is 5.56 Å². The van der Waals surface area contributed by atoms with Crippen LogP contribution < -0.4 is 9.47 Å². The second-order valence-corrected chi connectivity index (χ2v) is 9.71. The van der Waals surface area contributed by atoms with Crippen molar-refractivity contribution >= 4 is 62.2 Å². The first kappa shape index (κ1) is 20.7. The number of halogens is 1. The van der Waals surface area contributed by atoms with Gasteiger partial charge in [-0.25, -0.2) is 0 Å². The highest BCUT2D eigenvalue weighted by atomic mass is 35.5. The van der Waals surface area contributed by atoms with Gasteiger partial charge in [0.15, 0.2) is 6.20 Å². The van der Waals surface area contributed by atoms with Gasteiger partial charge in [-0.15, -0.1) is 0 Å². The highest BCUT2D eigenvalue weighted by molar-refractivity contribution is 8.03. The van der Waals surface area contributed by atoms with E-state index in [4.69, 9.17) is 11.6 Å². The Morgan fingerprint density at radius 1 is 1.30 bits per heavy atom. The van der Waals surface area contributed by atoms with Crippen LogP contribution in [-0.4, -0.2) is 35.2 Å². The first-order valence-corrected chi connectivity index (χ1v) is 11.5. The zero-order valence-electron chi connectivity index (χ0n) is 15.7. The average molecular weight is 467 g/mol. The third-order valence-corrected chi connectivity index (χ3v) is 6.59. The minimum atomic E-state index is -4.21. The van der Waals surface area contributed by atoms with Gasteiger partial charge in [0.25, 0.3) is 5.88 Å². The van der Waals surface area contributed by atoms with E-state index in [1.54, 1.807) is 41.6 Å². The van der Waals surface area contributed by atoms with Crippen LogP contribution in [0.5, 0.6) is 0 Å². The fraction of sp³-hybridized carbons (Fsp3) is 0.158. The van der Waals surface area contributed by atoms with E-state index in [9.17, 15) is 22.9 Å². The van der Waals surface area contributed by atoms with Gasteiger partial charge in [0, 0.05) is 40.9 Å². The van der Waals surface area contributed by atoms with Crippen molar-refractivity contribution in [2.45, 2.75) is 10.8 Å². The van der Waals surface area contributed by atoms with Gasteiger partial charge in [0.1, 0.15) is 12.1 Å². The van der Waals surface area contributed by atoms with E-state index in [-0.39, 0.29) is 6.54 Å². The number of nitrogens with zero attached hydrogens (tertiary/aromatic N) is 3. The first-order valence-electron chi connectivity index (χ1n) is 8.73. The Bertz CT molecular complexity index is 1320. The van der Waals surface area contributed by atoms with Crippen LogP contribution in [0.25, 0.3) is 17.1 Å². The fourth-order valence-corrected chi connectivity index (χ4v) is 5.28. The number of carbonyl (C=O) groups is 1. The molecule has 0 fully saturated rings. The number of benzene rings is 1. The number of hydrogen-bond acceptors (Lipinski definition) is 5. The lowest BCUT2D eigenvalue weighted by Gasteiger charge is -2.18. The number of carboxylic acids is 1. The van der Waals surface area contributed by atoms with Crippen LogP contribution in [0.15, 0.2) is 52.7 Å². The summed E-state index contributed by atoms with van der Waals surface area (Å²) in [5.41, 5.74) is 2.87. The van der Waals surface area contributed by atoms with E-state index in [1.807, 2.05) is 23.8 Å². The summed E-state index contributed by atoms with van der Waals surface area (Å²) < 4.78 is 35.2. The second kappa shape index (κ2) is 7.62. The molecule has 0 spiro atoms. The average Bonchev–Trinajstić information content (AvgIpc) is 3.18. The minimum Gasteiger partial charge on any atom is -0.480 e. The molecule has 1 aliphatic rings. The summed E-state index contributed by atoms with van der Waals surface area (Å²) in [6.07, 6.45) is 5.23. The molecule has 0 saturated heterocycles. The van der Waals surface area contributed by atoms with Crippen LogP contribution in [0, 0.1) is 0 Å². The van der Waals surface area contributed by atoms with Gasteiger partial charge < -0.3 is 14.6 Å². The lowest BCUT2D eigenvalue weighted by molar-refractivity contribution is -0.651. The molecule has 0 unspecified atom stereocenters. The largest absolute Gasteiger partial charge is 0.480 e. The molecule has 8 nitrogen and oxygen atoms in total. The SMILES string of the molecule is Cn1ccc2c1c(C=C1Sc3ccc(Cl)cc3N1CC(=O)O)cc[n+]2CS(=O)(=O)O. The number of hydrogen-bond donors (Lipinski definition) is 2. The molecule has 1 aromatic carbocycles. The van der Waals surface area contributed by atoms with E-state index >= 15 is 0 Å². The number of anilines is 1. The Hall–Kier alpha value is -2.53. The number of fused-ring (bicyclic) bond motifs is 2. The Kier molecular flexibility index (Phi) is 5.27. The number of aliphatic carboxylic acids is 1. The molecule has 4 rings (SSSR count). The van der Waals surface area contributed by atoms with Crippen molar-refractivity contribution in [3.05, 3.63) is 58.3 Å². The third-order valence-electron chi connectivity index (χ3n) is 4.64. The van der Waals surface area contributed by atoms with Gasteiger partial charge in [0.2, 0.25) is 5.52 Å². The third kappa shape index (κ3) is 4.04. The molecule has 0 bridgehead atoms. The summed E-state index contributed by atoms with van der Waals surface area (Å²) in [5.74, 6) is -1.54. The van der Waals surface area contributed by atoms with Gasteiger partial charge in [0.05, 0.1) is 10.7 Å². The van der Waals surface area contributed by atoms with Crippen LogP contribution in [0.2, 0.25) is 5.02 Å². The molecule has 1 aliphatic heterocycles. The van der Waals surface area contributed by atoms with Crippen molar-refractivity contribution in [1.29, 1.82) is 0 Å². The summed E-state index contributed by atoms with van der Waals surface area (Å²) in [6.45, 7) is -0.224. The zero-order chi connectivity index (χ0) is 21.6. The lowest BCUT2D eigenvalue weighted by atomic mass is 10.2. The first-order chi connectivity index (χ1) is 14.1. The summed E-state index contributed by atoms with van der Waals surface area (Å²) in [5, 5.41) is 10.6. The monoisotopic (exact) mass is 466 g/mol. The van der Waals surface area contributed by atoms with Crippen LogP contribution in [-0.2, 0) is 27.8 Å². The van der Waals surface area contributed by atoms with Crippen molar-refractivity contribution in [1.82, 2.24) is 4.57 Å². The smallest absolute Gasteiger partial charge is 0.326 e. The summed E-state index contributed by atoms with van der Waals surface area (Å²) in [7, 11) is -2.38. The molecule has 0 amide bonds. The molecule has 156 valence electrons. The molecule has 0 aliphatic carbocycles. The standard InChI is InChI=1S/C19H16ClN3O5S2/c1-21-6-5-14-19(21)12(4-7-22(14)11-30(26,27)28)8-17-23(10-18(24)25)15-9-13(20)2-3-16(15)29-17/h2-9H,10-11H2,1H3,(H-,24,25,26,27,28)/p+1. The Balaban J connectivity index is 1.84. The molecule has 11 heteroatoms. The lowest BCUT2D eigenvalue weighted by Crippen LogP contribution is -2.38. The van der Waals surface area contributed by atoms with Crippen LogP contribution >= 0.6 is 23.4 Å². The zero-order valence-corrected chi connectivity index (χ0v) is 18.1. The molecule has 0 saturated carbocycles. The summed E-state index contributed by atoms with van der Waals surface area (Å²) in [6, 6.07) is 8.83. The fourth-order valence-electron chi connectivity index (χ4n) is 3.45. The highest BCUT2D eigenvalue weighted by Gasteiger charge is 2.28. The van der Waals surface area contributed by atoms with Gasteiger partial charge >= 0.3 is 16.1 Å². The molecule has 0 radical (unpaired) electrons. The topological polar surface area (TPSA) is 104 Å². The molecular weight excluding hydrogens is 450 g/mol. The van der Waals surface area contributed by atoms with E-state index in [0.717, 1.165) is 21.7 Å². The van der Waals surface area contributed by atoms with E-state index in [1.165, 1.54) is 16.3 Å². The van der Waals surface area contributed by atoms with Crippen molar-refractivity contribution in [2.24, 2.45) is 7.05 Å². The van der Waals surface area contributed by atoms with Gasteiger partial charge in [-0.1, -0.05) is 23.4 Å². The number of pyridine rings is 1. The number of aryl methyl sites for hydroxylation is 1. The van der Waals surface area contributed by atoms with Crippen molar-refractivity contribution in [2.75, 3.05) is 11.4 Å².